The summed E-state index contributed by atoms with van der Waals surface area (Å²) in [4.78, 5) is 26.2. The predicted molar refractivity (Wildman–Crippen MR) is 84.2 cm³/mol. The fourth-order valence-corrected chi connectivity index (χ4v) is 3.57. The molecule has 0 aromatic carbocycles. The van der Waals surface area contributed by atoms with E-state index in [1.54, 1.807) is 19.9 Å². The Balaban J connectivity index is 2.15. The quantitative estimate of drug-likeness (QED) is 0.875. The molecule has 0 bridgehead atoms. The summed E-state index contributed by atoms with van der Waals surface area (Å²) in [6, 6.07) is 2.33. The van der Waals surface area contributed by atoms with Crippen molar-refractivity contribution in [3.05, 3.63) is 24.2 Å². The van der Waals surface area contributed by atoms with Gasteiger partial charge in [-0.1, -0.05) is 6.92 Å². The van der Waals surface area contributed by atoms with Crippen molar-refractivity contribution in [1.82, 2.24) is 9.62 Å². The molecule has 0 spiro atoms. The number of nitrogens with zero attached hydrogens (tertiary/aromatic N) is 1. The number of carbonyl (C=O) groups excluding carboxylic acids is 2. The van der Waals surface area contributed by atoms with Crippen LogP contribution in [0, 0.1) is 0 Å². The van der Waals surface area contributed by atoms with Crippen LogP contribution in [-0.4, -0.2) is 43.0 Å². The summed E-state index contributed by atoms with van der Waals surface area (Å²) in [6.07, 6.45) is 3.77. The predicted octanol–water partition coefficient (Wildman–Crippen LogP) is 1.52. The first-order valence-corrected chi connectivity index (χ1v) is 9.31. The molecular weight excluding hydrogens is 320 g/mol. The molecule has 0 saturated carbocycles. The first-order valence-electron chi connectivity index (χ1n) is 7.76. The van der Waals surface area contributed by atoms with Gasteiger partial charge in [-0.15, -0.1) is 0 Å². The number of hydrogen-bond donors (Lipinski definition) is 1. The maximum Gasteiger partial charge on any atom is 0.290 e. The van der Waals surface area contributed by atoms with Crippen molar-refractivity contribution in [1.29, 1.82) is 0 Å². The fraction of sp³-hybridized carbons (Fsp3) is 0.600. The molecule has 2 amide bonds. The van der Waals surface area contributed by atoms with Gasteiger partial charge < -0.3 is 9.32 Å². The molecule has 1 aliphatic heterocycles. The molecule has 23 heavy (non-hydrogen) atoms. The van der Waals surface area contributed by atoms with Gasteiger partial charge in [0.2, 0.25) is 10.0 Å². The van der Waals surface area contributed by atoms with Crippen LogP contribution < -0.4 is 4.72 Å². The Morgan fingerprint density at radius 2 is 2.17 bits per heavy atom. The first-order chi connectivity index (χ1) is 10.9. The third kappa shape index (κ3) is 3.93. The molecule has 0 radical (unpaired) electrons. The lowest BCUT2D eigenvalue weighted by molar-refractivity contribution is -0.124. The van der Waals surface area contributed by atoms with Crippen molar-refractivity contribution in [2.24, 2.45) is 0 Å². The highest BCUT2D eigenvalue weighted by molar-refractivity contribution is 7.90. The van der Waals surface area contributed by atoms with Gasteiger partial charge in [0.25, 0.3) is 11.8 Å². The van der Waals surface area contributed by atoms with Crippen LogP contribution in [-0.2, 0) is 14.8 Å². The van der Waals surface area contributed by atoms with Gasteiger partial charge in [0.05, 0.1) is 11.5 Å². The van der Waals surface area contributed by atoms with Crippen LogP contribution >= 0.6 is 0 Å². The number of piperidine rings is 1. The molecule has 128 valence electrons. The highest BCUT2D eigenvalue weighted by atomic mass is 32.2. The maximum atomic E-state index is 12.4. The zero-order chi connectivity index (χ0) is 17.0. The Hall–Kier alpha value is -1.83. The highest BCUT2D eigenvalue weighted by Gasteiger charge is 2.36. The second-order valence-corrected chi connectivity index (χ2v) is 7.82. The number of rotatable bonds is 5. The molecule has 1 aromatic rings. The summed E-state index contributed by atoms with van der Waals surface area (Å²) in [5, 5.41) is -0.663. The molecule has 2 heterocycles. The van der Waals surface area contributed by atoms with Crippen molar-refractivity contribution in [3.63, 3.8) is 0 Å². The molecule has 2 atom stereocenters. The van der Waals surface area contributed by atoms with Crippen LogP contribution in [0.5, 0.6) is 0 Å². The van der Waals surface area contributed by atoms with Crippen molar-refractivity contribution in [2.75, 3.05) is 6.54 Å². The lowest BCUT2D eigenvalue weighted by atomic mass is 10.0. The van der Waals surface area contributed by atoms with E-state index in [0.29, 0.717) is 19.4 Å². The first kappa shape index (κ1) is 17.5. The zero-order valence-electron chi connectivity index (χ0n) is 13.3. The lowest BCUT2D eigenvalue weighted by Crippen LogP contribution is -2.53. The van der Waals surface area contributed by atoms with Gasteiger partial charge in [-0.3, -0.25) is 14.3 Å². The molecule has 1 fully saturated rings. The SMILES string of the molecule is CC[C@@H](C)S(=O)(=O)NC(=O)[C@H]1CCCCN1C(=O)c1ccco1. The fourth-order valence-electron chi connectivity index (χ4n) is 2.52. The summed E-state index contributed by atoms with van der Waals surface area (Å²) in [5.41, 5.74) is 0. The minimum atomic E-state index is -3.72. The Bertz CT molecular complexity index is 653. The van der Waals surface area contributed by atoms with E-state index >= 15 is 0 Å². The number of furan rings is 1. The molecule has 0 unspecified atom stereocenters. The average molecular weight is 342 g/mol. The zero-order valence-corrected chi connectivity index (χ0v) is 14.1. The van der Waals surface area contributed by atoms with Gasteiger partial charge >= 0.3 is 0 Å². The third-order valence-electron chi connectivity index (χ3n) is 4.15. The molecule has 1 N–H and O–H groups in total. The number of sulfonamides is 1. The summed E-state index contributed by atoms with van der Waals surface area (Å²) >= 11 is 0. The minimum Gasteiger partial charge on any atom is -0.459 e. The van der Waals surface area contributed by atoms with Crippen molar-refractivity contribution < 1.29 is 22.4 Å². The molecule has 2 rings (SSSR count). The van der Waals surface area contributed by atoms with E-state index in [2.05, 4.69) is 4.72 Å². The van der Waals surface area contributed by atoms with E-state index in [1.807, 2.05) is 0 Å². The van der Waals surface area contributed by atoms with Gasteiger partial charge in [-0.05, 0) is 44.7 Å². The van der Waals surface area contributed by atoms with E-state index in [1.165, 1.54) is 17.2 Å². The van der Waals surface area contributed by atoms with E-state index in [-0.39, 0.29) is 5.76 Å². The number of nitrogens with one attached hydrogen (secondary N) is 1. The third-order valence-corrected chi connectivity index (χ3v) is 6.02. The lowest BCUT2D eigenvalue weighted by Gasteiger charge is -2.34. The Morgan fingerprint density at radius 1 is 1.43 bits per heavy atom. The van der Waals surface area contributed by atoms with Crippen molar-refractivity contribution in [3.8, 4) is 0 Å². The monoisotopic (exact) mass is 342 g/mol. The average Bonchev–Trinajstić information content (AvgIpc) is 3.07. The van der Waals surface area contributed by atoms with Gasteiger partial charge in [0, 0.05) is 6.54 Å². The van der Waals surface area contributed by atoms with Crippen LogP contribution in [0.3, 0.4) is 0 Å². The second-order valence-electron chi connectivity index (χ2n) is 5.72. The van der Waals surface area contributed by atoms with Crippen LogP contribution in [0.2, 0.25) is 0 Å². The van der Waals surface area contributed by atoms with Gasteiger partial charge in [0.1, 0.15) is 6.04 Å². The van der Waals surface area contributed by atoms with Crippen molar-refractivity contribution >= 4 is 21.8 Å². The Labute approximate surface area is 136 Å². The van der Waals surface area contributed by atoms with Crippen LogP contribution in [0.1, 0.15) is 50.1 Å². The van der Waals surface area contributed by atoms with E-state index in [4.69, 9.17) is 4.42 Å². The number of amides is 2. The van der Waals surface area contributed by atoms with Gasteiger partial charge in [-0.25, -0.2) is 8.42 Å². The molecule has 8 heteroatoms. The molecule has 1 aliphatic rings. The van der Waals surface area contributed by atoms with Crippen molar-refractivity contribution in [2.45, 2.75) is 50.8 Å². The molecule has 1 saturated heterocycles. The molecule has 1 aromatic heterocycles. The van der Waals surface area contributed by atoms with E-state index < -0.39 is 33.1 Å². The standard InChI is InChI=1S/C15H22N2O5S/c1-3-11(2)23(20,21)16-14(18)12-7-4-5-9-17(12)15(19)13-8-6-10-22-13/h6,8,10-12H,3-5,7,9H2,1-2H3,(H,16,18)/t11-,12-/m1/s1. The maximum absolute atomic E-state index is 12.4. The smallest absolute Gasteiger partial charge is 0.290 e. The number of likely N-dealkylation sites (tertiary alicyclic amines) is 1. The Kier molecular flexibility index (Phi) is 5.46. The van der Waals surface area contributed by atoms with E-state index in [0.717, 1.165) is 12.8 Å². The minimum absolute atomic E-state index is 0.148. The summed E-state index contributed by atoms with van der Waals surface area (Å²) in [7, 11) is -3.72. The molecular formula is C15H22N2O5S. The molecule has 0 aliphatic carbocycles. The highest BCUT2D eigenvalue weighted by Crippen LogP contribution is 2.20. The van der Waals surface area contributed by atoms with Crippen LogP contribution in [0.15, 0.2) is 22.8 Å². The summed E-state index contributed by atoms with van der Waals surface area (Å²) < 4.78 is 31.3. The largest absolute Gasteiger partial charge is 0.459 e. The molecule has 7 nitrogen and oxygen atoms in total. The van der Waals surface area contributed by atoms with Crippen LogP contribution in [0.25, 0.3) is 0 Å². The van der Waals surface area contributed by atoms with Gasteiger partial charge in [-0.2, -0.15) is 0 Å². The normalized spacial score (nSPS) is 20.1. The topological polar surface area (TPSA) is 96.7 Å². The van der Waals surface area contributed by atoms with E-state index in [9.17, 15) is 18.0 Å². The summed E-state index contributed by atoms with van der Waals surface area (Å²) in [6.45, 7) is 3.69. The Morgan fingerprint density at radius 3 is 2.78 bits per heavy atom. The van der Waals surface area contributed by atoms with Gasteiger partial charge in [0.15, 0.2) is 5.76 Å². The summed E-state index contributed by atoms with van der Waals surface area (Å²) in [5.74, 6) is -0.893. The number of carbonyl (C=O) groups is 2. The number of hydrogen-bond acceptors (Lipinski definition) is 5. The second kappa shape index (κ2) is 7.16. The van der Waals surface area contributed by atoms with Crippen LogP contribution in [0.4, 0.5) is 0 Å².